The van der Waals surface area contributed by atoms with Gasteiger partial charge in [0, 0.05) is 23.3 Å². The van der Waals surface area contributed by atoms with Crippen molar-refractivity contribution in [3.63, 3.8) is 0 Å². The van der Waals surface area contributed by atoms with Gasteiger partial charge >= 0.3 is 0 Å². The molecule has 7 heteroatoms. The Bertz CT molecular complexity index is 977. The molecule has 0 unspecified atom stereocenters. The van der Waals surface area contributed by atoms with Crippen LogP contribution in [0.25, 0.3) is 22.2 Å². The number of fused-ring (bicyclic) bond motifs is 1. The molecule has 5 nitrogen and oxygen atoms in total. The average molecular weight is 334 g/mol. The third-order valence-corrected chi connectivity index (χ3v) is 6.15. The predicted molar refractivity (Wildman–Crippen MR) is 85.3 cm³/mol. The van der Waals surface area contributed by atoms with Crippen LogP contribution in [0.15, 0.2) is 42.7 Å². The SMILES string of the molecule is O=S(=O)(C1CC1)n1cc(-c2ccnc(Cl)n2)c2ccccc21. The van der Waals surface area contributed by atoms with E-state index in [0.29, 0.717) is 11.2 Å². The number of para-hydroxylation sites is 1. The van der Waals surface area contributed by atoms with Gasteiger partial charge in [-0.1, -0.05) is 18.2 Å². The average Bonchev–Trinajstić information content (AvgIpc) is 3.28. The molecule has 0 atom stereocenters. The highest BCUT2D eigenvalue weighted by molar-refractivity contribution is 7.91. The van der Waals surface area contributed by atoms with Gasteiger partial charge in [0.05, 0.1) is 16.5 Å². The number of benzene rings is 1. The van der Waals surface area contributed by atoms with Crippen molar-refractivity contribution < 1.29 is 8.42 Å². The van der Waals surface area contributed by atoms with E-state index in [1.807, 2.05) is 24.3 Å². The van der Waals surface area contributed by atoms with E-state index in [1.165, 1.54) is 3.97 Å². The predicted octanol–water partition coefficient (Wildman–Crippen LogP) is 3.09. The van der Waals surface area contributed by atoms with Crippen molar-refractivity contribution in [3.8, 4) is 11.3 Å². The Hall–Kier alpha value is -1.92. The molecule has 22 heavy (non-hydrogen) atoms. The Morgan fingerprint density at radius 1 is 1.18 bits per heavy atom. The molecule has 112 valence electrons. The van der Waals surface area contributed by atoms with E-state index in [4.69, 9.17) is 11.6 Å². The number of nitrogens with zero attached hydrogens (tertiary/aromatic N) is 3. The molecule has 2 aromatic heterocycles. The summed E-state index contributed by atoms with van der Waals surface area (Å²) in [6, 6.07) is 9.13. The van der Waals surface area contributed by atoms with Crippen LogP contribution in [0.1, 0.15) is 12.8 Å². The molecule has 0 N–H and O–H groups in total. The van der Waals surface area contributed by atoms with Crippen LogP contribution in [0, 0.1) is 0 Å². The highest BCUT2D eigenvalue weighted by Gasteiger charge is 2.38. The fourth-order valence-corrected chi connectivity index (χ4v) is 4.46. The van der Waals surface area contributed by atoms with E-state index in [2.05, 4.69) is 9.97 Å². The molecule has 0 bridgehead atoms. The van der Waals surface area contributed by atoms with E-state index < -0.39 is 10.0 Å². The first-order valence-electron chi connectivity index (χ1n) is 6.91. The molecule has 1 fully saturated rings. The summed E-state index contributed by atoms with van der Waals surface area (Å²) in [5, 5.41) is 0.700. The van der Waals surface area contributed by atoms with E-state index in [-0.39, 0.29) is 10.5 Å². The molecule has 1 aromatic carbocycles. The smallest absolute Gasteiger partial charge is 0.241 e. The second kappa shape index (κ2) is 4.79. The fourth-order valence-electron chi connectivity index (χ4n) is 2.58. The zero-order valence-corrected chi connectivity index (χ0v) is 13.0. The van der Waals surface area contributed by atoms with Crippen LogP contribution in [-0.4, -0.2) is 27.6 Å². The molecule has 4 rings (SSSR count). The van der Waals surface area contributed by atoms with E-state index in [1.54, 1.807) is 18.5 Å². The highest BCUT2D eigenvalue weighted by atomic mass is 35.5. The van der Waals surface area contributed by atoms with Crippen molar-refractivity contribution in [2.24, 2.45) is 0 Å². The fraction of sp³-hybridized carbons (Fsp3) is 0.200. The van der Waals surface area contributed by atoms with Gasteiger partial charge in [0.25, 0.3) is 0 Å². The first kappa shape index (κ1) is 13.7. The maximum Gasteiger partial charge on any atom is 0.241 e. The Labute approximate surface area is 132 Å². The van der Waals surface area contributed by atoms with E-state index >= 15 is 0 Å². The third kappa shape index (κ3) is 2.10. The lowest BCUT2D eigenvalue weighted by Crippen LogP contribution is -2.16. The molecule has 0 radical (unpaired) electrons. The summed E-state index contributed by atoms with van der Waals surface area (Å²) in [6.07, 6.45) is 4.65. The van der Waals surface area contributed by atoms with Crippen LogP contribution in [0.5, 0.6) is 0 Å². The Morgan fingerprint density at radius 3 is 2.68 bits per heavy atom. The number of hydrogen-bond acceptors (Lipinski definition) is 4. The molecule has 3 aromatic rings. The minimum Gasteiger partial charge on any atom is -0.244 e. The molecule has 0 saturated heterocycles. The maximum absolute atomic E-state index is 12.6. The molecule has 0 spiro atoms. The molecule has 1 saturated carbocycles. The van der Waals surface area contributed by atoms with Crippen LogP contribution in [0.3, 0.4) is 0 Å². The minimum absolute atomic E-state index is 0.138. The van der Waals surface area contributed by atoms with Gasteiger partial charge < -0.3 is 0 Å². The number of aromatic nitrogens is 3. The zero-order valence-electron chi connectivity index (χ0n) is 11.5. The topological polar surface area (TPSA) is 64.8 Å². The normalized spacial score (nSPS) is 15.3. The second-order valence-corrected chi connectivity index (χ2v) is 7.74. The lowest BCUT2D eigenvalue weighted by molar-refractivity contribution is 0.588. The Kier molecular flexibility index (Phi) is 2.99. The number of hydrogen-bond donors (Lipinski definition) is 0. The first-order valence-corrected chi connectivity index (χ1v) is 8.79. The zero-order chi connectivity index (χ0) is 15.3. The van der Waals surface area contributed by atoms with Gasteiger partial charge in [-0.25, -0.2) is 22.4 Å². The van der Waals surface area contributed by atoms with Crippen LogP contribution in [0.4, 0.5) is 0 Å². The molecule has 0 aliphatic heterocycles. The standard InChI is InChI=1S/C15H12ClN3O2S/c16-15-17-8-7-13(18-15)12-9-19(22(20,21)10-5-6-10)14-4-2-1-3-11(12)14/h1-4,7-10H,5-6H2. The van der Waals surface area contributed by atoms with Gasteiger partial charge in [0.2, 0.25) is 15.3 Å². The summed E-state index contributed by atoms with van der Waals surface area (Å²) >= 11 is 5.86. The molecule has 0 amide bonds. The molecular weight excluding hydrogens is 322 g/mol. The van der Waals surface area contributed by atoms with Crippen molar-refractivity contribution in [3.05, 3.63) is 48.0 Å². The lowest BCUT2D eigenvalue weighted by atomic mass is 10.1. The van der Waals surface area contributed by atoms with Gasteiger partial charge in [0.15, 0.2) is 0 Å². The highest BCUT2D eigenvalue weighted by Crippen LogP contribution is 2.36. The monoisotopic (exact) mass is 333 g/mol. The third-order valence-electron chi connectivity index (χ3n) is 3.80. The summed E-state index contributed by atoms with van der Waals surface area (Å²) in [5.41, 5.74) is 2.02. The molecular formula is C15H12ClN3O2S. The summed E-state index contributed by atoms with van der Waals surface area (Å²) in [6.45, 7) is 0. The van der Waals surface area contributed by atoms with Gasteiger partial charge in [0.1, 0.15) is 0 Å². The molecule has 1 aliphatic rings. The molecule has 1 aliphatic carbocycles. The maximum atomic E-state index is 12.6. The largest absolute Gasteiger partial charge is 0.244 e. The summed E-state index contributed by atoms with van der Waals surface area (Å²) in [4.78, 5) is 8.06. The lowest BCUT2D eigenvalue weighted by Gasteiger charge is -2.05. The van der Waals surface area contributed by atoms with Gasteiger partial charge in [-0.05, 0) is 36.6 Å². The Balaban J connectivity index is 2.01. The van der Waals surface area contributed by atoms with Crippen LogP contribution in [-0.2, 0) is 10.0 Å². The van der Waals surface area contributed by atoms with Crippen molar-refractivity contribution in [2.75, 3.05) is 0 Å². The van der Waals surface area contributed by atoms with Crippen molar-refractivity contribution >= 4 is 32.5 Å². The Morgan fingerprint density at radius 2 is 1.95 bits per heavy atom. The minimum atomic E-state index is -3.35. The van der Waals surface area contributed by atoms with Crippen LogP contribution in [0.2, 0.25) is 5.28 Å². The van der Waals surface area contributed by atoms with Crippen molar-refractivity contribution in [1.82, 2.24) is 13.9 Å². The van der Waals surface area contributed by atoms with Gasteiger partial charge in [-0.2, -0.15) is 0 Å². The number of rotatable bonds is 3. The number of halogens is 1. The molecule has 2 heterocycles. The van der Waals surface area contributed by atoms with Crippen molar-refractivity contribution in [2.45, 2.75) is 18.1 Å². The van der Waals surface area contributed by atoms with Crippen LogP contribution < -0.4 is 0 Å². The second-order valence-electron chi connectivity index (χ2n) is 5.31. The van der Waals surface area contributed by atoms with Crippen LogP contribution >= 0.6 is 11.6 Å². The summed E-state index contributed by atoms with van der Waals surface area (Å²) < 4.78 is 26.6. The quantitative estimate of drug-likeness (QED) is 0.691. The summed E-state index contributed by atoms with van der Waals surface area (Å²) in [7, 11) is -3.35. The van der Waals surface area contributed by atoms with Gasteiger partial charge in [-0.15, -0.1) is 0 Å². The van der Waals surface area contributed by atoms with E-state index in [9.17, 15) is 8.42 Å². The first-order chi connectivity index (χ1) is 10.6. The van der Waals surface area contributed by atoms with Gasteiger partial charge in [-0.3, -0.25) is 0 Å². The van der Waals surface area contributed by atoms with Crippen molar-refractivity contribution in [1.29, 1.82) is 0 Å². The van der Waals surface area contributed by atoms with E-state index in [0.717, 1.165) is 23.8 Å². The summed E-state index contributed by atoms with van der Waals surface area (Å²) in [5.74, 6) is 0.